The van der Waals surface area contributed by atoms with Crippen LogP contribution in [0.25, 0.3) is 0 Å². The number of thioether (sulfide) groups is 1. The third kappa shape index (κ3) is 5.92. The van der Waals surface area contributed by atoms with Crippen LogP contribution in [-0.2, 0) is 16.0 Å². The summed E-state index contributed by atoms with van der Waals surface area (Å²) in [6.45, 7) is 4.56. The molecule has 6 nitrogen and oxygen atoms in total. The Morgan fingerprint density at radius 3 is 2.43 bits per heavy atom. The summed E-state index contributed by atoms with van der Waals surface area (Å²) in [5.74, 6) is -0.0211. The van der Waals surface area contributed by atoms with Crippen molar-refractivity contribution in [2.45, 2.75) is 25.6 Å². The zero-order valence-electron chi connectivity index (χ0n) is 19.8. The molecule has 180 valence electrons. The molecule has 1 atom stereocenters. The number of aryl methyl sites for hydroxylation is 1. The van der Waals surface area contributed by atoms with Crippen molar-refractivity contribution in [3.63, 3.8) is 0 Å². The standard InChI is InChI=1S/C28H28N2O4S/c1-3-34-28(33)23-13-14-24(19(2)17-23)29-26(32)21-9-11-22(12-10-21)27-30(25(31)18-35-27)16-15-20-7-5-4-6-8-20/h4-14,17,27H,3,15-16,18H2,1-2H3,(H,29,32)/t27-/m0/s1. The molecule has 2 amide bonds. The Labute approximate surface area is 209 Å². The molecular weight excluding hydrogens is 460 g/mol. The average molecular weight is 489 g/mol. The first-order valence-corrected chi connectivity index (χ1v) is 12.6. The Morgan fingerprint density at radius 1 is 1.03 bits per heavy atom. The highest BCUT2D eigenvalue weighted by atomic mass is 32.2. The predicted molar refractivity (Wildman–Crippen MR) is 139 cm³/mol. The van der Waals surface area contributed by atoms with E-state index in [-0.39, 0.29) is 23.2 Å². The second-order valence-electron chi connectivity index (χ2n) is 8.31. The van der Waals surface area contributed by atoms with Gasteiger partial charge in [-0.15, -0.1) is 11.8 Å². The molecular formula is C28H28N2O4S. The summed E-state index contributed by atoms with van der Waals surface area (Å²) in [7, 11) is 0. The number of nitrogens with one attached hydrogen (secondary N) is 1. The second-order valence-corrected chi connectivity index (χ2v) is 9.38. The van der Waals surface area contributed by atoms with Gasteiger partial charge in [-0.3, -0.25) is 9.59 Å². The van der Waals surface area contributed by atoms with E-state index in [2.05, 4.69) is 17.4 Å². The van der Waals surface area contributed by atoms with Gasteiger partial charge in [0.25, 0.3) is 5.91 Å². The third-order valence-electron chi connectivity index (χ3n) is 5.90. The highest BCUT2D eigenvalue weighted by Gasteiger charge is 2.32. The number of carbonyl (C=O) groups is 3. The summed E-state index contributed by atoms with van der Waals surface area (Å²) in [5, 5.41) is 2.85. The van der Waals surface area contributed by atoms with E-state index in [0.717, 1.165) is 17.5 Å². The number of nitrogens with zero attached hydrogens (tertiary/aromatic N) is 1. The predicted octanol–water partition coefficient (Wildman–Crippen LogP) is 5.24. The number of benzene rings is 3. The molecule has 35 heavy (non-hydrogen) atoms. The minimum Gasteiger partial charge on any atom is -0.462 e. The molecule has 1 aliphatic rings. The van der Waals surface area contributed by atoms with Crippen LogP contribution in [0.3, 0.4) is 0 Å². The van der Waals surface area contributed by atoms with E-state index in [9.17, 15) is 14.4 Å². The minimum absolute atomic E-state index is 0.0546. The summed E-state index contributed by atoms with van der Waals surface area (Å²) in [6.07, 6.45) is 0.804. The van der Waals surface area contributed by atoms with Crippen molar-refractivity contribution in [1.82, 2.24) is 4.90 Å². The summed E-state index contributed by atoms with van der Waals surface area (Å²) in [6, 6.07) is 22.6. The van der Waals surface area contributed by atoms with E-state index in [1.54, 1.807) is 49.0 Å². The van der Waals surface area contributed by atoms with E-state index in [1.165, 1.54) is 5.56 Å². The van der Waals surface area contributed by atoms with Gasteiger partial charge in [-0.25, -0.2) is 4.79 Å². The molecule has 0 aliphatic carbocycles. The number of rotatable bonds is 8. The lowest BCUT2D eigenvalue weighted by Gasteiger charge is -2.24. The van der Waals surface area contributed by atoms with Gasteiger partial charge in [-0.05, 0) is 67.3 Å². The SMILES string of the molecule is CCOC(=O)c1ccc(NC(=O)c2ccc([C@@H]3SCC(=O)N3CCc3ccccc3)cc2)c(C)c1. The van der Waals surface area contributed by atoms with Crippen LogP contribution in [0, 0.1) is 6.92 Å². The van der Waals surface area contributed by atoms with Crippen molar-refractivity contribution in [2.24, 2.45) is 0 Å². The molecule has 3 aromatic carbocycles. The minimum atomic E-state index is -0.384. The van der Waals surface area contributed by atoms with Crippen molar-refractivity contribution in [3.05, 3.63) is 101 Å². The number of esters is 1. The number of hydrogen-bond donors (Lipinski definition) is 1. The van der Waals surface area contributed by atoms with E-state index in [0.29, 0.717) is 35.7 Å². The van der Waals surface area contributed by atoms with Gasteiger partial charge in [0.05, 0.1) is 17.9 Å². The largest absolute Gasteiger partial charge is 0.462 e. The summed E-state index contributed by atoms with van der Waals surface area (Å²) < 4.78 is 5.03. The van der Waals surface area contributed by atoms with E-state index in [1.807, 2.05) is 42.2 Å². The molecule has 0 bridgehead atoms. The lowest BCUT2D eigenvalue weighted by atomic mass is 10.1. The second kappa shape index (κ2) is 11.2. The first kappa shape index (κ1) is 24.5. The Bertz CT molecular complexity index is 1210. The number of amides is 2. The van der Waals surface area contributed by atoms with Crippen molar-refractivity contribution in [3.8, 4) is 0 Å². The molecule has 7 heteroatoms. The molecule has 1 N–H and O–H groups in total. The maximum absolute atomic E-state index is 12.8. The molecule has 0 unspecified atom stereocenters. The average Bonchev–Trinajstić information content (AvgIpc) is 3.24. The van der Waals surface area contributed by atoms with Crippen LogP contribution < -0.4 is 5.32 Å². The van der Waals surface area contributed by atoms with Gasteiger partial charge in [-0.2, -0.15) is 0 Å². The molecule has 3 aromatic rings. The van der Waals surface area contributed by atoms with Crippen LogP contribution in [-0.4, -0.2) is 41.6 Å². The van der Waals surface area contributed by atoms with Crippen molar-refractivity contribution in [2.75, 3.05) is 24.2 Å². The Hall–Kier alpha value is -3.58. The molecule has 4 rings (SSSR count). The van der Waals surface area contributed by atoms with Gasteiger partial charge >= 0.3 is 5.97 Å². The van der Waals surface area contributed by atoms with E-state index in [4.69, 9.17) is 4.74 Å². The van der Waals surface area contributed by atoms with Gasteiger partial charge in [-0.1, -0.05) is 42.5 Å². The summed E-state index contributed by atoms with van der Waals surface area (Å²) >= 11 is 1.61. The van der Waals surface area contributed by atoms with Crippen molar-refractivity contribution >= 4 is 35.2 Å². The maximum atomic E-state index is 12.8. The number of anilines is 1. The first-order valence-electron chi connectivity index (χ1n) is 11.6. The van der Waals surface area contributed by atoms with Gasteiger partial charge in [0.1, 0.15) is 5.37 Å². The molecule has 0 spiro atoms. The number of hydrogen-bond acceptors (Lipinski definition) is 5. The number of ether oxygens (including phenoxy) is 1. The summed E-state index contributed by atoms with van der Waals surface area (Å²) in [4.78, 5) is 39.2. The fraction of sp³-hybridized carbons (Fsp3) is 0.250. The molecule has 1 fully saturated rings. The van der Waals surface area contributed by atoms with Crippen LogP contribution in [0.4, 0.5) is 5.69 Å². The van der Waals surface area contributed by atoms with Gasteiger partial charge in [0.15, 0.2) is 0 Å². The quantitative estimate of drug-likeness (QED) is 0.439. The summed E-state index contributed by atoms with van der Waals surface area (Å²) in [5.41, 5.74) is 4.58. The monoisotopic (exact) mass is 488 g/mol. The molecule has 1 saturated heterocycles. The lowest BCUT2D eigenvalue weighted by Crippen LogP contribution is -2.30. The van der Waals surface area contributed by atoms with Gasteiger partial charge in [0.2, 0.25) is 5.91 Å². The van der Waals surface area contributed by atoms with Crippen LogP contribution in [0.15, 0.2) is 72.8 Å². The molecule has 1 heterocycles. The highest BCUT2D eigenvalue weighted by Crippen LogP contribution is 2.38. The Kier molecular flexibility index (Phi) is 7.87. The smallest absolute Gasteiger partial charge is 0.338 e. The van der Waals surface area contributed by atoms with Gasteiger partial charge < -0.3 is 15.0 Å². The highest BCUT2D eigenvalue weighted by molar-refractivity contribution is 8.00. The normalized spacial score (nSPS) is 15.2. The lowest BCUT2D eigenvalue weighted by molar-refractivity contribution is -0.128. The molecule has 0 radical (unpaired) electrons. The fourth-order valence-corrected chi connectivity index (χ4v) is 5.22. The van der Waals surface area contributed by atoms with Crippen molar-refractivity contribution in [1.29, 1.82) is 0 Å². The maximum Gasteiger partial charge on any atom is 0.338 e. The van der Waals surface area contributed by atoms with Crippen LogP contribution >= 0.6 is 11.8 Å². The van der Waals surface area contributed by atoms with Gasteiger partial charge in [0, 0.05) is 17.8 Å². The fourth-order valence-electron chi connectivity index (χ4n) is 4.01. The first-order chi connectivity index (χ1) is 17.0. The van der Waals surface area contributed by atoms with Crippen LogP contribution in [0.1, 0.15) is 49.7 Å². The van der Waals surface area contributed by atoms with E-state index >= 15 is 0 Å². The van der Waals surface area contributed by atoms with Crippen molar-refractivity contribution < 1.29 is 19.1 Å². The zero-order chi connectivity index (χ0) is 24.8. The Morgan fingerprint density at radius 2 is 1.74 bits per heavy atom. The third-order valence-corrected chi connectivity index (χ3v) is 7.15. The number of carbonyl (C=O) groups excluding carboxylic acids is 3. The topological polar surface area (TPSA) is 75.7 Å². The van der Waals surface area contributed by atoms with E-state index < -0.39 is 0 Å². The molecule has 0 aromatic heterocycles. The zero-order valence-corrected chi connectivity index (χ0v) is 20.6. The molecule has 1 aliphatic heterocycles. The van der Waals surface area contributed by atoms with Crippen LogP contribution in [0.5, 0.6) is 0 Å². The Balaban J connectivity index is 1.41. The van der Waals surface area contributed by atoms with Crippen LogP contribution in [0.2, 0.25) is 0 Å². The molecule has 0 saturated carbocycles.